The Morgan fingerprint density at radius 2 is 1.89 bits per heavy atom. The highest BCUT2D eigenvalue weighted by atomic mass is 16.4. The second-order valence-corrected chi connectivity index (χ2v) is 5.10. The average Bonchev–Trinajstić information content (AvgIpc) is 2.39. The van der Waals surface area contributed by atoms with Crippen molar-refractivity contribution in [2.45, 2.75) is 51.0 Å². The number of carbonyl (C=O) groups is 2. The third kappa shape index (κ3) is 6.42. The number of nitrogens with one attached hydrogen (secondary N) is 2. The summed E-state index contributed by atoms with van der Waals surface area (Å²) < 4.78 is 0. The largest absolute Gasteiger partial charge is 0.480 e. The first-order valence-electron chi connectivity index (χ1n) is 7.01. The van der Waals surface area contributed by atoms with Crippen LogP contribution < -0.4 is 10.6 Å². The number of aliphatic hydroxyl groups is 1. The van der Waals surface area contributed by atoms with Gasteiger partial charge in [0, 0.05) is 19.6 Å². The predicted octanol–water partition coefficient (Wildman–Crippen LogP) is 1.09. The summed E-state index contributed by atoms with van der Waals surface area (Å²) in [5.41, 5.74) is 0. The molecule has 6 heteroatoms. The number of carboxylic acid groups (broad SMARTS) is 1. The van der Waals surface area contributed by atoms with Crippen LogP contribution in [0, 0.1) is 5.92 Å². The topological polar surface area (TPSA) is 98.7 Å². The van der Waals surface area contributed by atoms with Crippen LogP contribution in [-0.4, -0.2) is 41.4 Å². The minimum atomic E-state index is -1.13. The molecule has 1 aliphatic carbocycles. The smallest absolute Gasteiger partial charge is 0.326 e. The molecule has 1 saturated carbocycles. The van der Waals surface area contributed by atoms with Gasteiger partial charge >= 0.3 is 12.0 Å². The lowest BCUT2D eigenvalue weighted by Gasteiger charge is -2.21. The van der Waals surface area contributed by atoms with Crippen molar-refractivity contribution in [2.75, 3.05) is 13.2 Å². The molecule has 0 radical (unpaired) electrons. The Morgan fingerprint density at radius 3 is 2.47 bits per heavy atom. The first-order valence-corrected chi connectivity index (χ1v) is 7.01. The molecule has 0 spiro atoms. The van der Waals surface area contributed by atoms with Crippen molar-refractivity contribution in [1.82, 2.24) is 10.6 Å². The lowest BCUT2D eigenvalue weighted by Crippen LogP contribution is -2.46. The van der Waals surface area contributed by atoms with E-state index in [-0.39, 0.29) is 13.0 Å². The lowest BCUT2D eigenvalue weighted by atomic mass is 9.87. The molecule has 0 aliphatic heterocycles. The summed E-state index contributed by atoms with van der Waals surface area (Å²) in [5.74, 6) is -0.446. The van der Waals surface area contributed by atoms with Gasteiger partial charge in [0.25, 0.3) is 0 Å². The van der Waals surface area contributed by atoms with Crippen molar-refractivity contribution in [2.24, 2.45) is 5.92 Å². The Bertz CT molecular complexity index is 290. The molecule has 19 heavy (non-hydrogen) atoms. The molecule has 0 aromatic heterocycles. The molecule has 0 aromatic carbocycles. The highest BCUT2D eigenvalue weighted by Gasteiger charge is 2.19. The van der Waals surface area contributed by atoms with E-state index in [9.17, 15) is 9.59 Å². The third-order valence-corrected chi connectivity index (χ3v) is 3.58. The Hall–Kier alpha value is -1.30. The number of urea groups is 1. The standard InChI is InChI=1S/C13H24N2O4/c16-9-7-11(12(17)18)15-13(19)14-8-6-10-4-2-1-3-5-10/h10-11,16H,1-9H2,(H,17,18)(H2,14,15,19)/t11-/m1/s1. The monoisotopic (exact) mass is 272 g/mol. The summed E-state index contributed by atoms with van der Waals surface area (Å²) >= 11 is 0. The normalized spacial score (nSPS) is 17.7. The van der Waals surface area contributed by atoms with E-state index in [1.54, 1.807) is 0 Å². The van der Waals surface area contributed by atoms with E-state index in [1.807, 2.05) is 0 Å². The van der Waals surface area contributed by atoms with E-state index >= 15 is 0 Å². The zero-order chi connectivity index (χ0) is 14.1. The number of hydrogen-bond acceptors (Lipinski definition) is 3. The average molecular weight is 272 g/mol. The van der Waals surface area contributed by atoms with Gasteiger partial charge in [-0.25, -0.2) is 9.59 Å². The molecule has 1 aliphatic rings. The van der Waals surface area contributed by atoms with Gasteiger partial charge in [0.2, 0.25) is 0 Å². The fourth-order valence-electron chi connectivity index (χ4n) is 2.46. The molecule has 110 valence electrons. The Kier molecular flexibility index (Phi) is 7.25. The van der Waals surface area contributed by atoms with E-state index < -0.39 is 18.0 Å². The Morgan fingerprint density at radius 1 is 1.21 bits per heavy atom. The van der Waals surface area contributed by atoms with Crippen LogP contribution in [0.15, 0.2) is 0 Å². The fourth-order valence-corrected chi connectivity index (χ4v) is 2.46. The summed E-state index contributed by atoms with van der Waals surface area (Å²) in [7, 11) is 0. The molecule has 1 atom stereocenters. The molecular formula is C13H24N2O4. The zero-order valence-electron chi connectivity index (χ0n) is 11.2. The van der Waals surface area contributed by atoms with Crippen molar-refractivity contribution >= 4 is 12.0 Å². The Balaban J connectivity index is 2.17. The van der Waals surface area contributed by atoms with Gasteiger partial charge in [-0.1, -0.05) is 32.1 Å². The number of rotatable bonds is 7. The van der Waals surface area contributed by atoms with Crippen molar-refractivity contribution in [3.05, 3.63) is 0 Å². The van der Waals surface area contributed by atoms with Gasteiger partial charge < -0.3 is 20.8 Å². The maximum absolute atomic E-state index is 11.5. The van der Waals surface area contributed by atoms with Crippen LogP contribution in [0.3, 0.4) is 0 Å². The van der Waals surface area contributed by atoms with Gasteiger partial charge in [-0.05, 0) is 12.3 Å². The third-order valence-electron chi connectivity index (χ3n) is 3.58. The van der Waals surface area contributed by atoms with Gasteiger partial charge in [0.15, 0.2) is 0 Å². The van der Waals surface area contributed by atoms with Gasteiger partial charge in [-0.15, -0.1) is 0 Å². The van der Waals surface area contributed by atoms with Crippen LogP contribution in [0.25, 0.3) is 0 Å². The van der Waals surface area contributed by atoms with Crippen LogP contribution in [-0.2, 0) is 4.79 Å². The molecule has 4 N–H and O–H groups in total. The van der Waals surface area contributed by atoms with Crippen molar-refractivity contribution in [3.63, 3.8) is 0 Å². The van der Waals surface area contributed by atoms with E-state index in [4.69, 9.17) is 10.2 Å². The molecule has 0 aromatic rings. The van der Waals surface area contributed by atoms with Crippen LogP contribution in [0.5, 0.6) is 0 Å². The quantitative estimate of drug-likeness (QED) is 0.557. The van der Waals surface area contributed by atoms with Gasteiger partial charge in [0.1, 0.15) is 6.04 Å². The fraction of sp³-hybridized carbons (Fsp3) is 0.846. The first-order chi connectivity index (χ1) is 9.13. The van der Waals surface area contributed by atoms with E-state index in [2.05, 4.69) is 10.6 Å². The summed E-state index contributed by atoms with van der Waals surface area (Å²) in [6.45, 7) is 0.307. The minimum Gasteiger partial charge on any atom is -0.480 e. The molecule has 0 unspecified atom stereocenters. The van der Waals surface area contributed by atoms with Crippen LogP contribution in [0.4, 0.5) is 4.79 Å². The number of aliphatic hydroxyl groups excluding tert-OH is 1. The molecule has 6 nitrogen and oxygen atoms in total. The maximum Gasteiger partial charge on any atom is 0.326 e. The van der Waals surface area contributed by atoms with E-state index in [1.165, 1.54) is 32.1 Å². The van der Waals surface area contributed by atoms with Crippen LogP contribution >= 0.6 is 0 Å². The highest BCUT2D eigenvalue weighted by Crippen LogP contribution is 2.25. The highest BCUT2D eigenvalue weighted by molar-refractivity contribution is 5.82. The second kappa shape index (κ2) is 8.74. The minimum absolute atomic E-state index is 0.0192. The van der Waals surface area contributed by atoms with Crippen molar-refractivity contribution in [1.29, 1.82) is 0 Å². The molecule has 1 rings (SSSR count). The van der Waals surface area contributed by atoms with Crippen molar-refractivity contribution in [3.8, 4) is 0 Å². The van der Waals surface area contributed by atoms with Gasteiger partial charge in [0.05, 0.1) is 0 Å². The first kappa shape index (κ1) is 15.8. The number of carbonyl (C=O) groups excluding carboxylic acids is 1. The lowest BCUT2D eigenvalue weighted by molar-refractivity contribution is -0.139. The van der Waals surface area contributed by atoms with E-state index in [0.29, 0.717) is 12.5 Å². The molecular weight excluding hydrogens is 248 g/mol. The number of amides is 2. The Labute approximate surface area is 113 Å². The summed E-state index contributed by atoms with van der Waals surface area (Å²) in [6, 6.07) is -1.50. The summed E-state index contributed by atoms with van der Waals surface area (Å²) in [6.07, 6.45) is 7.28. The maximum atomic E-state index is 11.5. The van der Waals surface area contributed by atoms with Gasteiger partial charge in [-0.3, -0.25) is 0 Å². The number of carboxylic acids is 1. The summed E-state index contributed by atoms with van der Waals surface area (Å²) in [5, 5.41) is 22.6. The molecule has 2 amide bonds. The summed E-state index contributed by atoms with van der Waals surface area (Å²) in [4.78, 5) is 22.3. The van der Waals surface area contributed by atoms with E-state index in [0.717, 1.165) is 6.42 Å². The molecule has 0 heterocycles. The predicted molar refractivity (Wildman–Crippen MR) is 70.9 cm³/mol. The van der Waals surface area contributed by atoms with Crippen LogP contribution in [0.2, 0.25) is 0 Å². The van der Waals surface area contributed by atoms with Crippen molar-refractivity contribution < 1.29 is 19.8 Å². The second-order valence-electron chi connectivity index (χ2n) is 5.10. The number of aliphatic carboxylic acids is 1. The number of hydrogen-bond donors (Lipinski definition) is 4. The molecule has 0 saturated heterocycles. The SMILES string of the molecule is O=C(NCCC1CCCCC1)N[C@H](CCO)C(=O)O. The molecule has 1 fully saturated rings. The molecule has 0 bridgehead atoms. The van der Waals surface area contributed by atoms with Gasteiger partial charge in [-0.2, -0.15) is 0 Å². The van der Waals surface area contributed by atoms with Crippen LogP contribution in [0.1, 0.15) is 44.9 Å². The zero-order valence-corrected chi connectivity index (χ0v) is 11.2.